The third-order valence-corrected chi connectivity index (χ3v) is 5.88. The lowest BCUT2D eigenvalue weighted by Crippen LogP contribution is -2.22. The average molecular weight is 303 g/mol. The minimum atomic E-state index is 0.0774. The molecular weight excluding hydrogens is 282 g/mol. The van der Waals surface area contributed by atoms with Crippen LogP contribution in [0.15, 0.2) is 4.79 Å². The van der Waals surface area contributed by atoms with Crippen LogP contribution in [0.1, 0.15) is 48.4 Å². The van der Waals surface area contributed by atoms with Crippen molar-refractivity contribution >= 4 is 21.6 Å². The van der Waals surface area contributed by atoms with E-state index in [2.05, 4.69) is 9.88 Å². The molecule has 0 unspecified atom stereocenters. The van der Waals surface area contributed by atoms with Gasteiger partial charge in [-0.1, -0.05) is 6.42 Å². The van der Waals surface area contributed by atoms with Gasteiger partial charge in [-0.25, -0.2) is 4.98 Å². The monoisotopic (exact) mass is 303 g/mol. The van der Waals surface area contributed by atoms with Gasteiger partial charge in [0.25, 0.3) is 5.56 Å². The highest BCUT2D eigenvalue weighted by atomic mass is 32.1. The lowest BCUT2D eigenvalue weighted by Gasteiger charge is -2.13. The Morgan fingerprint density at radius 2 is 1.90 bits per heavy atom. The van der Waals surface area contributed by atoms with Gasteiger partial charge >= 0.3 is 0 Å². The highest BCUT2D eigenvalue weighted by Gasteiger charge is 2.20. The van der Waals surface area contributed by atoms with E-state index in [0.717, 1.165) is 48.5 Å². The van der Waals surface area contributed by atoms with Crippen LogP contribution >= 0.6 is 11.3 Å². The number of thiophene rings is 1. The zero-order chi connectivity index (χ0) is 14.2. The maximum atomic E-state index is 12.5. The van der Waals surface area contributed by atoms with E-state index in [0.29, 0.717) is 0 Å². The van der Waals surface area contributed by atoms with Crippen LogP contribution in [0.25, 0.3) is 10.2 Å². The molecule has 0 saturated carbocycles. The van der Waals surface area contributed by atoms with Crippen molar-refractivity contribution in [2.45, 2.75) is 51.5 Å². The molecule has 4 rings (SSSR count). The van der Waals surface area contributed by atoms with E-state index in [1.807, 2.05) is 0 Å². The maximum absolute atomic E-state index is 12.5. The van der Waals surface area contributed by atoms with E-state index in [4.69, 9.17) is 4.98 Å². The quantitative estimate of drug-likeness (QED) is 0.868. The van der Waals surface area contributed by atoms with Crippen LogP contribution in [0, 0.1) is 0 Å². The number of aromatic amines is 1. The van der Waals surface area contributed by atoms with Crippen LogP contribution in [-0.2, 0) is 19.4 Å². The average Bonchev–Trinajstić information content (AvgIpc) is 3.02. The van der Waals surface area contributed by atoms with E-state index >= 15 is 0 Å². The van der Waals surface area contributed by atoms with Crippen molar-refractivity contribution in [3.05, 3.63) is 26.6 Å². The summed E-state index contributed by atoms with van der Waals surface area (Å²) in [6, 6.07) is 0. The summed E-state index contributed by atoms with van der Waals surface area (Å²) in [4.78, 5) is 25.0. The molecule has 1 aliphatic carbocycles. The highest BCUT2D eigenvalue weighted by molar-refractivity contribution is 7.18. The van der Waals surface area contributed by atoms with Crippen molar-refractivity contribution in [3.63, 3.8) is 0 Å². The van der Waals surface area contributed by atoms with E-state index in [1.54, 1.807) is 11.3 Å². The fourth-order valence-electron chi connectivity index (χ4n) is 3.61. The van der Waals surface area contributed by atoms with Gasteiger partial charge in [0.15, 0.2) is 0 Å². The smallest absolute Gasteiger partial charge is 0.259 e. The van der Waals surface area contributed by atoms with Crippen LogP contribution in [0.4, 0.5) is 0 Å². The zero-order valence-corrected chi connectivity index (χ0v) is 13.1. The Morgan fingerprint density at radius 1 is 1.10 bits per heavy atom. The molecule has 1 N–H and O–H groups in total. The Morgan fingerprint density at radius 3 is 2.76 bits per heavy atom. The zero-order valence-electron chi connectivity index (χ0n) is 12.3. The number of hydrogen-bond acceptors (Lipinski definition) is 4. The maximum Gasteiger partial charge on any atom is 0.259 e. The van der Waals surface area contributed by atoms with Gasteiger partial charge in [0, 0.05) is 4.88 Å². The first-order valence-corrected chi connectivity index (χ1v) is 8.89. The topological polar surface area (TPSA) is 49.0 Å². The molecule has 0 bridgehead atoms. The molecule has 3 heterocycles. The predicted molar refractivity (Wildman–Crippen MR) is 86.0 cm³/mol. The lowest BCUT2D eigenvalue weighted by molar-refractivity contribution is 0.322. The molecular formula is C16H21N3OS. The summed E-state index contributed by atoms with van der Waals surface area (Å²) in [5.74, 6) is 0.839. The Kier molecular flexibility index (Phi) is 3.55. The van der Waals surface area contributed by atoms with Gasteiger partial charge in [0.1, 0.15) is 10.7 Å². The summed E-state index contributed by atoms with van der Waals surface area (Å²) < 4.78 is 0. The normalized spacial score (nSPS) is 19.8. The van der Waals surface area contributed by atoms with E-state index < -0.39 is 0 Å². The number of rotatable bonds is 2. The van der Waals surface area contributed by atoms with Crippen LogP contribution < -0.4 is 5.56 Å². The first kappa shape index (κ1) is 13.5. The van der Waals surface area contributed by atoms with Gasteiger partial charge in [-0.2, -0.15) is 0 Å². The van der Waals surface area contributed by atoms with E-state index in [1.165, 1.54) is 42.5 Å². The molecule has 0 atom stereocenters. The molecule has 1 saturated heterocycles. The molecule has 2 aromatic heterocycles. The number of fused-ring (bicyclic) bond motifs is 3. The van der Waals surface area contributed by atoms with Crippen molar-refractivity contribution in [1.82, 2.24) is 14.9 Å². The number of H-pyrrole nitrogens is 1. The molecule has 0 radical (unpaired) electrons. The van der Waals surface area contributed by atoms with Crippen molar-refractivity contribution < 1.29 is 0 Å². The van der Waals surface area contributed by atoms with Crippen LogP contribution in [0.5, 0.6) is 0 Å². The Hall–Kier alpha value is -1.20. The first-order chi connectivity index (χ1) is 10.3. The third kappa shape index (κ3) is 2.53. The largest absolute Gasteiger partial charge is 0.309 e. The number of hydrogen-bond donors (Lipinski definition) is 1. The summed E-state index contributed by atoms with van der Waals surface area (Å²) in [5.41, 5.74) is 1.36. The van der Waals surface area contributed by atoms with Gasteiger partial charge in [-0.3, -0.25) is 9.69 Å². The Labute approximate surface area is 128 Å². The summed E-state index contributed by atoms with van der Waals surface area (Å²) >= 11 is 1.75. The second-order valence-corrected chi connectivity index (χ2v) is 7.32. The van der Waals surface area contributed by atoms with Crippen LogP contribution in [-0.4, -0.2) is 28.0 Å². The molecule has 5 heteroatoms. The minimum absolute atomic E-state index is 0.0774. The molecule has 4 nitrogen and oxygen atoms in total. The molecule has 0 amide bonds. The number of likely N-dealkylation sites (tertiary alicyclic amines) is 1. The predicted octanol–water partition coefficient (Wildman–Crippen LogP) is 2.85. The van der Waals surface area contributed by atoms with E-state index in [9.17, 15) is 4.79 Å². The number of aromatic nitrogens is 2. The van der Waals surface area contributed by atoms with Crippen molar-refractivity contribution in [2.75, 3.05) is 13.1 Å². The SMILES string of the molecule is O=c1[nH]c(CN2CCCC2)nc2sc3c(c12)CCCCC3. The molecule has 21 heavy (non-hydrogen) atoms. The fraction of sp³-hybridized carbons (Fsp3) is 0.625. The second-order valence-electron chi connectivity index (χ2n) is 6.24. The molecule has 2 aliphatic rings. The summed E-state index contributed by atoms with van der Waals surface area (Å²) in [6.45, 7) is 3.04. The summed E-state index contributed by atoms with van der Waals surface area (Å²) in [6.07, 6.45) is 8.43. The third-order valence-electron chi connectivity index (χ3n) is 4.70. The molecule has 0 spiro atoms. The van der Waals surface area contributed by atoms with Gasteiger partial charge in [0.05, 0.1) is 11.9 Å². The second kappa shape index (κ2) is 5.54. The molecule has 1 fully saturated rings. The number of nitrogens with zero attached hydrogens (tertiary/aromatic N) is 2. The van der Waals surface area contributed by atoms with Crippen molar-refractivity contribution in [1.29, 1.82) is 0 Å². The molecule has 0 aromatic carbocycles. The molecule has 2 aromatic rings. The van der Waals surface area contributed by atoms with Crippen molar-refractivity contribution in [3.8, 4) is 0 Å². The molecule has 112 valence electrons. The standard InChI is InChI=1S/C16H21N3OS/c20-15-14-11-6-2-1-3-7-12(11)21-16(14)18-13(17-15)10-19-8-4-5-9-19/h1-10H2,(H,17,18,20). The lowest BCUT2D eigenvalue weighted by atomic mass is 10.1. The Bertz CT molecular complexity index is 712. The van der Waals surface area contributed by atoms with E-state index in [-0.39, 0.29) is 5.56 Å². The van der Waals surface area contributed by atoms with Gasteiger partial charge in [-0.05, 0) is 57.2 Å². The molecule has 1 aliphatic heterocycles. The number of aryl methyl sites for hydroxylation is 2. The fourth-order valence-corrected chi connectivity index (χ4v) is 4.89. The Balaban J connectivity index is 1.74. The number of nitrogens with one attached hydrogen (secondary N) is 1. The first-order valence-electron chi connectivity index (χ1n) is 8.07. The minimum Gasteiger partial charge on any atom is -0.309 e. The highest BCUT2D eigenvalue weighted by Crippen LogP contribution is 2.32. The summed E-state index contributed by atoms with van der Waals surface area (Å²) in [5, 5.41) is 0.877. The summed E-state index contributed by atoms with van der Waals surface area (Å²) in [7, 11) is 0. The van der Waals surface area contributed by atoms with Gasteiger partial charge in [-0.15, -0.1) is 11.3 Å². The van der Waals surface area contributed by atoms with Crippen LogP contribution in [0.3, 0.4) is 0 Å². The van der Waals surface area contributed by atoms with Crippen molar-refractivity contribution in [2.24, 2.45) is 0 Å². The van der Waals surface area contributed by atoms with Gasteiger partial charge in [0.2, 0.25) is 0 Å². The van der Waals surface area contributed by atoms with Crippen LogP contribution in [0.2, 0.25) is 0 Å². The van der Waals surface area contributed by atoms with Gasteiger partial charge < -0.3 is 4.98 Å².